The first-order chi connectivity index (χ1) is 9.14. The van der Waals surface area contributed by atoms with Gasteiger partial charge < -0.3 is 14.8 Å². The van der Waals surface area contributed by atoms with Gasteiger partial charge in [-0.1, -0.05) is 18.5 Å². The van der Waals surface area contributed by atoms with E-state index < -0.39 is 0 Å². The second-order valence-electron chi connectivity index (χ2n) is 5.15. The average Bonchev–Trinajstić information content (AvgIpc) is 2.87. The molecular weight excluding hydrogens is 262 g/mol. The third-order valence-electron chi connectivity index (χ3n) is 4.04. The third-order valence-corrected chi connectivity index (χ3v) is 4.33. The summed E-state index contributed by atoms with van der Waals surface area (Å²) in [5, 5.41) is 4.25. The molecule has 3 nitrogen and oxygen atoms in total. The number of benzene rings is 1. The summed E-state index contributed by atoms with van der Waals surface area (Å²) < 4.78 is 10.6. The largest absolute Gasteiger partial charge is 0.493 e. The molecule has 106 valence electrons. The Morgan fingerprint density at radius 3 is 2.63 bits per heavy atom. The Morgan fingerprint density at radius 1 is 1.32 bits per heavy atom. The van der Waals surface area contributed by atoms with Gasteiger partial charge in [0.2, 0.25) is 0 Å². The van der Waals surface area contributed by atoms with Crippen LogP contribution in [-0.4, -0.2) is 26.3 Å². The molecule has 0 radical (unpaired) electrons. The van der Waals surface area contributed by atoms with Crippen molar-refractivity contribution < 1.29 is 9.47 Å². The monoisotopic (exact) mass is 283 g/mol. The zero-order valence-corrected chi connectivity index (χ0v) is 12.6. The van der Waals surface area contributed by atoms with E-state index >= 15 is 0 Å². The Bertz CT molecular complexity index is 442. The van der Waals surface area contributed by atoms with Gasteiger partial charge in [-0.3, -0.25) is 0 Å². The first-order valence-electron chi connectivity index (χ1n) is 6.79. The Balaban J connectivity index is 2.28. The predicted molar refractivity (Wildman–Crippen MR) is 78.5 cm³/mol. The molecule has 1 aliphatic heterocycles. The lowest BCUT2D eigenvalue weighted by Crippen LogP contribution is -2.41. The van der Waals surface area contributed by atoms with E-state index in [-0.39, 0.29) is 5.54 Å². The fourth-order valence-electron chi connectivity index (χ4n) is 2.91. The van der Waals surface area contributed by atoms with E-state index in [0.717, 1.165) is 19.4 Å². The second-order valence-corrected chi connectivity index (χ2v) is 5.56. The molecule has 19 heavy (non-hydrogen) atoms. The van der Waals surface area contributed by atoms with Crippen molar-refractivity contribution >= 4 is 11.6 Å². The molecule has 0 spiro atoms. The van der Waals surface area contributed by atoms with Gasteiger partial charge in [0.05, 0.1) is 19.2 Å². The molecule has 0 aromatic heterocycles. The minimum absolute atomic E-state index is 0.211. The zero-order valence-electron chi connectivity index (χ0n) is 11.9. The molecule has 0 amide bonds. The van der Waals surface area contributed by atoms with E-state index in [0.29, 0.717) is 16.5 Å². The molecule has 2 rings (SSSR count). The third kappa shape index (κ3) is 2.98. The van der Waals surface area contributed by atoms with Gasteiger partial charge in [-0.2, -0.15) is 0 Å². The fourth-order valence-corrected chi connectivity index (χ4v) is 3.22. The Labute approximate surface area is 120 Å². The van der Waals surface area contributed by atoms with Crippen LogP contribution in [0.4, 0.5) is 0 Å². The van der Waals surface area contributed by atoms with Crippen LogP contribution in [0.3, 0.4) is 0 Å². The van der Waals surface area contributed by atoms with Crippen molar-refractivity contribution in [2.24, 2.45) is 0 Å². The van der Waals surface area contributed by atoms with E-state index in [1.807, 2.05) is 12.1 Å². The lowest BCUT2D eigenvalue weighted by Gasteiger charge is -2.28. The molecule has 0 aliphatic carbocycles. The van der Waals surface area contributed by atoms with E-state index in [1.165, 1.54) is 18.4 Å². The maximum atomic E-state index is 6.26. The smallest absolute Gasteiger partial charge is 0.179 e. The first kappa shape index (κ1) is 14.5. The van der Waals surface area contributed by atoms with Crippen LogP contribution >= 0.6 is 11.6 Å². The van der Waals surface area contributed by atoms with E-state index in [4.69, 9.17) is 21.1 Å². The summed E-state index contributed by atoms with van der Waals surface area (Å²) in [5.41, 5.74) is 1.40. The molecule has 1 aliphatic rings. The van der Waals surface area contributed by atoms with Crippen molar-refractivity contribution in [3.63, 3.8) is 0 Å². The summed E-state index contributed by atoms with van der Waals surface area (Å²) in [6.07, 6.45) is 4.56. The molecule has 4 heteroatoms. The van der Waals surface area contributed by atoms with Crippen molar-refractivity contribution in [1.82, 2.24) is 5.32 Å². The highest BCUT2D eigenvalue weighted by Gasteiger charge is 2.31. The van der Waals surface area contributed by atoms with Gasteiger partial charge in [-0.05, 0) is 49.9 Å². The maximum Gasteiger partial charge on any atom is 0.179 e. The van der Waals surface area contributed by atoms with Crippen molar-refractivity contribution in [1.29, 1.82) is 0 Å². The average molecular weight is 284 g/mol. The van der Waals surface area contributed by atoms with Crippen LogP contribution in [-0.2, 0) is 6.42 Å². The number of rotatable bonds is 5. The van der Waals surface area contributed by atoms with Gasteiger partial charge >= 0.3 is 0 Å². The Morgan fingerprint density at radius 2 is 2.11 bits per heavy atom. The van der Waals surface area contributed by atoms with E-state index in [2.05, 4.69) is 12.2 Å². The quantitative estimate of drug-likeness (QED) is 0.898. The van der Waals surface area contributed by atoms with Gasteiger partial charge in [0.1, 0.15) is 0 Å². The molecule has 1 fully saturated rings. The van der Waals surface area contributed by atoms with Gasteiger partial charge in [0.25, 0.3) is 0 Å². The summed E-state index contributed by atoms with van der Waals surface area (Å²) >= 11 is 6.26. The lowest BCUT2D eigenvalue weighted by atomic mass is 9.87. The molecule has 0 saturated carbocycles. The normalized spacial score (nSPS) is 22.5. The van der Waals surface area contributed by atoms with Crippen LogP contribution in [0.25, 0.3) is 0 Å². The highest BCUT2D eigenvalue weighted by molar-refractivity contribution is 6.32. The van der Waals surface area contributed by atoms with Crippen LogP contribution < -0.4 is 14.8 Å². The Hall–Kier alpha value is -0.930. The van der Waals surface area contributed by atoms with Crippen molar-refractivity contribution in [2.45, 2.75) is 38.1 Å². The molecule has 1 atom stereocenters. The van der Waals surface area contributed by atoms with Crippen LogP contribution in [0.1, 0.15) is 31.7 Å². The molecule has 1 saturated heterocycles. The van der Waals surface area contributed by atoms with Gasteiger partial charge in [-0.15, -0.1) is 0 Å². The molecular formula is C15H22ClNO2. The molecule has 1 aromatic carbocycles. The zero-order chi connectivity index (χ0) is 13.9. The summed E-state index contributed by atoms with van der Waals surface area (Å²) in [5.74, 6) is 1.31. The van der Waals surface area contributed by atoms with Crippen molar-refractivity contribution in [2.75, 3.05) is 20.8 Å². The summed E-state index contributed by atoms with van der Waals surface area (Å²) in [7, 11) is 3.25. The van der Waals surface area contributed by atoms with Crippen molar-refractivity contribution in [3.8, 4) is 11.5 Å². The standard InChI is InChI=1S/C15H22ClNO2/c1-4-15(6-5-7-17-15)10-11-8-12(16)14(19-3)13(9-11)18-2/h8-9,17H,4-7,10H2,1-3H3. The number of methoxy groups -OCH3 is 2. The molecule has 0 bridgehead atoms. The van der Waals surface area contributed by atoms with Crippen LogP contribution in [0.2, 0.25) is 5.02 Å². The summed E-state index contributed by atoms with van der Waals surface area (Å²) in [6.45, 7) is 3.34. The number of hydrogen-bond acceptors (Lipinski definition) is 3. The topological polar surface area (TPSA) is 30.5 Å². The highest BCUT2D eigenvalue weighted by atomic mass is 35.5. The highest BCUT2D eigenvalue weighted by Crippen LogP contribution is 2.38. The number of nitrogens with one attached hydrogen (secondary N) is 1. The minimum Gasteiger partial charge on any atom is -0.493 e. The summed E-state index contributed by atoms with van der Waals surface area (Å²) in [6, 6.07) is 4.02. The molecule has 1 unspecified atom stereocenters. The summed E-state index contributed by atoms with van der Waals surface area (Å²) in [4.78, 5) is 0. The SMILES string of the molecule is CCC1(Cc2cc(Cl)c(OC)c(OC)c2)CCCN1. The van der Waals surface area contributed by atoms with Crippen LogP contribution in [0.5, 0.6) is 11.5 Å². The maximum absolute atomic E-state index is 6.26. The lowest BCUT2D eigenvalue weighted by molar-refractivity contribution is 0.348. The van der Waals surface area contributed by atoms with E-state index in [9.17, 15) is 0 Å². The van der Waals surface area contributed by atoms with Crippen molar-refractivity contribution in [3.05, 3.63) is 22.7 Å². The fraction of sp³-hybridized carbons (Fsp3) is 0.600. The van der Waals surface area contributed by atoms with Gasteiger partial charge in [0, 0.05) is 5.54 Å². The van der Waals surface area contributed by atoms with E-state index in [1.54, 1.807) is 14.2 Å². The first-order valence-corrected chi connectivity index (χ1v) is 7.17. The number of halogens is 1. The van der Waals surface area contributed by atoms with Gasteiger partial charge in [0.15, 0.2) is 11.5 Å². The molecule has 1 N–H and O–H groups in total. The Kier molecular flexibility index (Phi) is 4.58. The number of hydrogen-bond donors (Lipinski definition) is 1. The molecule has 1 aromatic rings. The van der Waals surface area contributed by atoms with Gasteiger partial charge in [-0.25, -0.2) is 0 Å². The molecule has 1 heterocycles. The second kappa shape index (κ2) is 6.02. The predicted octanol–water partition coefficient (Wildman–Crippen LogP) is 3.43. The van der Waals surface area contributed by atoms with Crippen LogP contribution in [0, 0.1) is 0 Å². The minimum atomic E-state index is 0.211. The number of ether oxygens (including phenoxy) is 2. The van der Waals surface area contributed by atoms with Crippen LogP contribution in [0.15, 0.2) is 12.1 Å².